The maximum atomic E-state index is 12.3. The van der Waals surface area contributed by atoms with Gasteiger partial charge in [0.15, 0.2) is 0 Å². The number of nitrogens with zero attached hydrogens (tertiary/aromatic N) is 3. The number of ether oxygens (including phenoxy) is 1. The van der Waals surface area contributed by atoms with Crippen molar-refractivity contribution in [1.82, 2.24) is 10.2 Å². The van der Waals surface area contributed by atoms with E-state index in [4.69, 9.17) is 4.74 Å². The van der Waals surface area contributed by atoms with E-state index < -0.39 is 11.7 Å². The summed E-state index contributed by atoms with van der Waals surface area (Å²) in [5.74, 6) is 0.121. The van der Waals surface area contributed by atoms with E-state index in [0.717, 1.165) is 0 Å². The normalized spacial score (nSPS) is 11.2. The van der Waals surface area contributed by atoms with E-state index in [-0.39, 0.29) is 5.75 Å². The Morgan fingerprint density at radius 1 is 1.30 bits per heavy atom. The van der Waals surface area contributed by atoms with Crippen LogP contribution in [-0.4, -0.2) is 27.0 Å². The van der Waals surface area contributed by atoms with Gasteiger partial charge in [-0.05, 0) is 45.0 Å². The Morgan fingerprint density at radius 2 is 1.95 bits per heavy atom. The molecule has 0 aliphatic heterocycles. The highest BCUT2D eigenvalue weighted by Gasteiger charge is 2.26. The third kappa shape index (κ3) is 3.45. The first-order valence-corrected chi connectivity index (χ1v) is 6.83. The molecule has 0 unspecified atom stereocenters. The van der Waals surface area contributed by atoms with Crippen molar-refractivity contribution in [2.24, 2.45) is 0 Å². The number of hydrogen-bond donors (Lipinski definition) is 1. The van der Waals surface area contributed by atoms with Crippen LogP contribution in [-0.2, 0) is 4.74 Å². The van der Waals surface area contributed by atoms with Crippen molar-refractivity contribution in [3.63, 3.8) is 0 Å². The number of anilines is 2. The first-order valence-electron chi connectivity index (χ1n) is 5.95. The molecule has 2 rings (SSSR count). The van der Waals surface area contributed by atoms with Crippen molar-refractivity contribution >= 4 is 28.2 Å². The van der Waals surface area contributed by atoms with Gasteiger partial charge >= 0.3 is 6.09 Å². The van der Waals surface area contributed by atoms with E-state index in [1.807, 2.05) is 0 Å². The lowest BCUT2D eigenvalue weighted by Gasteiger charge is -2.25. The highest BCUT2D eigenvalue weighted by molar-refractivity contribution is 7.13. The SMILES string of the molecule is CC(C)(C)OC(=O)N(c1ccc(O)cc1)c1nncs1. The quantitative estimate of drug-likeness (QED) is 0.919. The number of phenols is 1. The molecular formula is C13H15N3O3S. The minimum atomic E-state index is -0.614. The Morgan fingerprint density at radius 3 is 2.45 bits per heavy atom. The predicted molar refractivity (Wildman–Crippen MR) is 76.4 cm³/mol. The molecule has 106 valence electrons. The van der Waals surface area contributed by atoms with Crippen molar-refractivity contribution < 1.29 is 14.6 Å². The Kier molecular flexibility index (Phi) is 3.89. The summed E-state index contributed by atoms with van der Waals surface area (Å²) in [5, 5.41) is 17.4. The van der Waals surface area contributed by atoms with Crippen molar-refractivity contribution in [1.29, 1.82) is 0 Å². The van der Waals surface area contributed by atoms with Gasteiger partial charge in [-0.2, -0.15) is 0 Å². The largest absolute Gasteiger partial charge is 0.508 e. The van der Waals surface area contributed by atoms with Gasteiger partial charge in [0.1, 0.15) is 16.9 Å². The minimum Gasteiger partial charge on any atom is -0.508 e. The Bertz CT molecular complexity index is 576. The Balaban J connectivity index is 2.35. The Labute approximate surface area is 120 Å². The van der Waals surface area contributed by atoms with Gasteiger partial charge in [-0.25, -0.2) is 9.69 Å². The Hall–Kier alpha value is -2.15. The van der Waals surface area contributed by atoms with Crippen LogP contribution in [0.3, 0.4) is 0 Å². The van der Waals surface area contributed by atoms with Crippen molar-refractivity contribution in [2.75, 3.05) is 4.90 Å². The number of hydrogen-bond acceptors (Lipinski definition) is 6. The maximum Gasteiger partial charge on any atom is 0.421 e. The number of aromatic nitrogens is 2. The van der Waals surface area contributed by atoms with E-state index in [1.165, 1.54) is 33.9 Å². The summed E-state index contributed by atoms with van der Waals surface area (Å²) in [7, 11) is 0. The van der Waals surface area contributed by atoms with Crippen LogP contribution in [0.2, 0.25) is 0 Å². The van der Waals surface area contributed by atoms with Crippen LogP contribution in [0.5, 0.6) is 5.75 Å². The topological polar surface area (TPSA) is 75.5 Å². The van der Waals surface area contributed by atoms with Crippen LogP contribution in [0.1, 0.15) is 20.8 Å². The molecule has 1 aromatic carbocycles. The van der Waals surface area contributed by atoms with Gasteiger partial charge in [-0.1, -0.05) is 11.3 Å². The highest BCUT2D eigenvalue weighted by Crippen LogP contribution is 2.29. The summed E-state index contributed by atoms with van der Waals surface area (Å²) in [6.45, 7) is 5.38. The monoisotopic (exact) mass is 293 g/mol. The summed E-state index contributed by atoms with van der Waals surface area (Å²) in [5.41, 5.74) is 1.47. The molecular weight excluding hydrogens is 278 g/mol. The lowest BCUT2D eigenvalue weighted by atomic mass is 10.2. The fourth-order valence-corrected chi connectivity index (χ4v) is 2.04. The van der Waals surface area contributed by atoms with Gasteiger partial charge in [0, 0.05) is 0 Å². The molecule has 1 N–H and O–H groups in total. The van der Waals surface area contributed by atoms with E-state index in [0.29, 0.717) is 10.8 Å². The second-order valence-corrected chi connectivity index (χ2v) is 5.87. The second-order valence-electron chi connectivity index (χ2n) is 5.05. The van der Waals surface area contributed by atoms with E-state index in [9.17, 15) is 9.90 Å². The average Bonchev–Trinajstić information content (AvgIpc) is 2.83. The molecule has 0 aliphatic carbocycles. The number of rotatable bonds is 2. The van der Waals surface area contributed by atoms with Gasteiger partial charge in [-0.3, -0.25) is 0 Å². The van der Waals surface area contributed by atoms with Gasteiger partial charge in [0.2, 0.25) is 5.13 Å². The van der Waals surface area contributed by atoms with Crippen molar-refractivity contribution in [2.45, 2.75) is 26.4 Å². The zero-order valence-electron chi connectivity index (χ0n) is 11.4. The first-order chi connectivity index (χ1) is 9.37. The summed E-state index contributed by atoms with van der Waals surface area (Å²) in [4.78, 5) is 13.6. The number of phenolic OH excluding ortho intramolecular Hbond substituents is 1. The number of carbonyl (C=O) groups excluding carboxylic acids is 1. The lowest BCUT2D eigenvalue weighted by Crippen LogP contribution is -2.33. The molecule has 0 aliphatic rings. The zero-order chi connectivity index (χ0) is 14.8. The highest BCUT2D eigenvalue weighted by atomic mass is 32.1. The zero-order valence-corrected chi connectivity index (χ0v) is 12.2. The smallest absolute Gasteiger partial charge is 0.421 e. The summed E-state index contributed by atoms with van der Waals surface area (Å²) in [6, 6.07) is 6.21. The van der Waals surface area contributed by atoms with Crippen molar-refractivity contribution in [3.05, 3.63) is 29.8 Å². The van der Waals surface area contributed by atoms with Crippen LogP contribution < -0.4 is 4.90 Å². The molecule has 0 atom stereocenters. The standard InChI is InChI=1S/C13H15N3O3S/c1-13(2,3)19-12(18)16(11-15-14-8-20-11)9-4-6-10(17)7-5-9/h4-8,17H,1-3H3. The molecule has 1 aromatic heterocycles. The molecule has 1 amide bonds. The van der Waals surface area contributed by atoms with E-state index >= 15 is 0 Å². The van der Waals surface area contributed by atoms with Gasteiger partial charge in [0.25, 0.3) is 0 Å². The summed E-state index contributed by atoms with van der Waals surface area (Å²) >= 11 is 1.22. The third-order valence-electron chi connectivity index (χ3n) is 2.22. The molecule has 0 bridgehead atoms. The first kappa shape index (κ1) is 14.3. The second kappa shape index (κ2) is 5.46. The number of amides is 1. The molecule has 2 aromatic rings. The fraction of sp³-hybridized carbons (Fsp3) is 0.308. The fourth-order valence-electron chi connectivity index (χ4n) is 1.47. The van der Waals surface area contributed by atoms with Gasteiger partial charge in [0.05, 0.1) is 5.69 Å². The number of carbonyl (C=O) groups is 1. The van der Waals surface area contributed by atoms with E-state index in [2.05, 4.69) is 10.2 Å². The predicted octanol–water partition coefficient (Wildman–Crippen LogP) is 3.32. The molecule has 7 heteroatoms. The molecule has 0 fully saturated rings. The summed E-state index contributed by atoms with van der Waals surface area (Å²) < 4.78 is 5.37. The maximum absolute atomic E-state index is 12.3. The summed E-state index contributed by atoms with van der Waals surface area (Å²) in [6.07, 6.45) is -0.542. The van der Waals surface area contributed by atoms with Crippen LogP contribution in [0.4, 0.5) is 15.6 Å². The number of benzene rings is 1. The molecule has 6 nitrogen and oxygen atoms in total. The molecule has 20 heavy (non-hydrogen) atoms. The molecule has 0 saturated heterocycles. The van der Waals surface area contributed by atoms with Gasteiger partial charge < -0.3 is 9.84 Å². The van der Waals surface area contributed by atoms with Crippen LogP contribution in [0.15, 0.2) is 29.8 Å². The lowest BCUT2D eigenvalue weighted by molar-refractivity contribution is 0.0599. The number of aromatic hydroxyl groups is 1. The van der Waals surface area contributed by atoms with Crippen LogP contribution >= 0.6 is 11.3 Å². The molecule has 0 radical (unpaired) electrons. The van der Waals surface area contributed by atoms with Crippen LogP contribution in [0, 0.1) is 0 Å². The molecule has 0 saturated carbocycles. The van der Waals surface area contributed by atoms with Crippen molar-refractivity contribution in [3.8, 4) is 5.75 Å². The molecule has 1 heterocycles. The third-order valence-corrected chi connectivity index (χ3v) is 2.90. The minimum absolute atomic E-state index is 0.121. The van der Waals surface area contributed by atoms with Gasteiger partial charge in [-0.15, -0.1) is 10.2 Å². The average molecular weight is 293 g/mol. The van der Waals surface area contributed by atoms with Crippen LogP contribution in [0.25, 0.3) is 0 Å². The molecule has 0 spiro atoms. The van der Waals surface area contributed by atoms with E-state index in [1.54, 1.807) is 32.9 Å².